The van der Waals surface area contributed by atoms with Gasteiger partial charge in [0, 0.05) is 49.7 Å². The molecule has 0 radical (unpaired) electrons. The zero-order valence-corrected chi connectivity index (χ0v) is 16.7. The second-order valence-electron chi connectivity index (χ2n) is 7.89. The number of amides is 1. The van der Waals surface area contributed by atoms with Crippen LogP contribution < -0.4 is 0 Å². The van der Waals surface area contributed by atoms with E-state index in [1.165, 1.54) is 5.56 Å². The number of likely N-dealkylation sites (tertiary alicyclic amines) is 1. The van der Waals surface area contributed by atoms with Crippen LogP contribution in [0.5, 0.6) is 0 Å². The Hall–Kier alpha value is -3.35. The molecule has 0 spiro atoms. The first-order valence-corrected chi connectivity index (χ1v) is 10.00. The van der Waals surface area contributed by atoms with Gasteiger partial charge in [0.25, 0.3) is 5.91 Å². The van der Waals surface area contributed by atoms with Crippen molar-refractivity contribution in [2.75, 3.05) is 13.1 Å². The van der Waals surface area contributed by atoms with Gasteiger partial charge in [0.1, 0.15) is 11.2 Å². The molecule has 148 valence electrons. The largest absolute Gasteiger partial charge is 0.338 e. The molecule has 7 heteroatoms. The number of hydrogen-bond donors (Lipinski definition) is 1. The molecule has 4 heterocycles. The zero-order chi connectivity index (χ0) is 20.0. The Labute approximate surface area is 169 Å². The third kappa shape index (κ3) is 3.03. The topological polar surface area (TPSA) is 71.2 Å². The van der Waals surface area contributed by atoms with Crippen molar-refractivity contribution in [1.29, 1.82) is 0 Å². The molecule has 3 aromatic heterocycles. The summed E-state index contributed by atoms with van der Waals surface area (Å²) in [6.45, 7) is 3.54. The number of hydrogen-bond acceptors (Lipinski definition) is 3. The van der Waals surface area contributed by atoms with Crippen molar-refractivity contribution in [3.05, 3.63) is 65.9 Å². The molecule has 29 heavy (non-hydrogen) atoms. The van der Waals surface area contributed by atoms with Gasteiger partial charge in [0.2, 0.25) is 0 Å². The molecule has 1 fully saturated rings. The number of H-pyrrole nitrogens is 1. The molecule has 0 bridgehead atoms. The first-order chi connectivity index (χ1) is 14.1. The summed E-state index contributed by atoms with van der Waals surface area (Å²) >= 11 is 0. The Morgan fingerprint density at radius 1 is 1.17 bits per heavy atom. The van der Waals surface area contributed by atoms with E-state index in [4.69, 9.17) is 0 Å². The Morgan fingerprint density at radius 3 is 2.83 bits per heavy atom. The number of aromatic nitrogens is 5. The van der Waals surface area contributed by atoms with E-state index in [-0.39, 0.29) is 11.8 Å². The fourth-order valence-corrected chi connectivity index (χ4v) is 4.34. The number of nitrogens with one attached hydrogen (secondary N) is 1. The van der Waals surface area contributed by atoms with Crippen molar-refractivity contribution in [2.24, 2.45) is 7.05 Å². The van der Waals surface area contributed by atoms with Gasteiger partial charge >= 0.3 is 0 Å². The average Bonchev–Trinajstić information content (AvgIpc) is 3.46. The van der Waals surface area contributed by atoms with Gasteiger partial charge in [-0.2, -0.15) is 10.2 Å². The van der Waals surface area contributed by atoms with Gasteiger partial charge in [-0.05, 0) is 25.3 Å². The molecule has 5 rings (SSSR count). The normalized spacial score (nSPS) is 17.2. The first kappa shape index (κ1) is 17.7. The Kier molecular flexibility index (Phi) is 4.23. The van der Waals surface area contributed by atoms with Gasteiger partial charge in [-0.1, -0.05) is 29.8 Å². The molecule has 0 unspecified atom stereocenters. The summed E-state index contributed by atoms with van der Waals surface area (Å²) in [5.41, 5.74) is 6.12. The maximum atomic E-state index is 13.3. The van der Waals surface area contributed by atoms with Crippen molar-refractivity contribution in [2.45, 2.75) is 25.7 Å². The molecule has 0 saturated carbocycles. The van der Waals surface area contributed by atoms with E-state index in [9.17, 15) is 4.79 Å². The minimum Gasteiger partial charge on any atom is -0.338 e. The number of carbonyl (C=O) groups is 1. The van der Waals surface area contributed by atoms with Crippen LogP contribution in [-0.2, 0) is 7.05 Å². The minimum absolute atomic E-state index is 0.0444. The van der Waals surface area contributed by atoms with E-state index >= 15 is 0 Å². The molecule has 1 saturated heterocycles. The lowest BCUT2D eigenvalue weighted by atomic mass is 9.90. The van der Waals surface area contributed by atoms with Gasteiger partial charge in [0.05, 0.1) is 12.4 Å². The van der Waals surface area contributed by atoms with Gasteiger partial charge in [-0.3, -0.25) is 9.89 Å². The number of aromatic amines is 1. The summed E-state index contributed by atoms with van der Waals surface area (Å²) in [5, 5.41) is 11.8. The van der Waals surface area contributed by atoms with Crippen LogP contribution in [0.15, 0.2) is 49.1 Å². The number of nitrogens with zero attached hydrogens (tertiary/aromatic N) is 5. The number of carbonyl (C=O) groups excluding carboxylic acids is 1. The SMILES string of the molecule is Cc1ccc(-c2cn[nH]c2[C@H]2CCCN(C(=O)c3cnn4ccn(C)c34)C2)cc1. The fourth-order valence-electron chi connectivity index (χ4n) is 4.34. The van der Waals surface area contributed by atoms with Crippen molar-refractivity contribution in [3.8, 4) is 11.1 Å². The summed E-state index contributed by atoms with van der Waals surface area (Å²) < 4.78 is 3.69. The Bertz CT molecular complexity index is 1170. The highest BCUT2D eigenvalue weighted by molar-refractivity contribution is 6.00. The zero-order valence-electron chi connectivity index (χ0n) is 16.7. The van der Waals surface area contributed by atoms with Crippen LogP contribution in [0, 0.1) is 6.92 Å². The molecule has 1 atom stereocenters. The van der Waals surface area contributed by atoms with Crippen LogP contribution in [-0.4, -0.2) is 48.3 Å². The number of aryl methyl sites for hydroxylation is 2. The van der Waals surface area contributed by atoms with E-state index in [1.54, 1.807) is 10.7 Å². The third-order valence-electron chi connectivity index (χ3n) is 5.91. The Morgan fingerprint density at radius 2 is 2.00 bits per heavy atom. The highest BCUT2D eigenvalue weighted by Crippen LogP contribution is 2.33. The molecule has 4 aromatic rings. The molecule has 0 aliphatic carbocycles. The number of fused-ring (bicyclic) bond motifs is 1. The van der Waals surface area contributed by atoms with Gasteiger partial charge in [-0.15, -0.1) is 0 Å². The molecule has 1 amide bonds. The molecular weight excluding hydrogens is 364 g/mol. The van der Waals surface area contributed by atoms with E-state index in [1.807, 2.05) is 35.1 Å². The van der Waals surface area contributed by atoms with Gasteiger partial charge < -0.3 is 9.47 Å². The monoisotopic (exact) mass is 388 g/mol. The van der Waals surface area contributed by atoms with Gasteiger partial charge in [-0.25, -0.2) is 4.52 Å². The molecular formula is C22H24N6O. The molecule has 7 nitrogen and oxygen atoms in total. The van der Waals surface area contributed by atoms with Crippen molar-refractivity contribution in [3.63, 3.8) is 0 Å². The maximum absolute atomic E-state index is 13.3. The predicted octanol–water partition coefficient (Wildman–Crippen LogP) is 3.39. The van der Waals surface area contributed by atoms with Crippen LogP contribution in [0.3, 0.4) is 0 Å². The minimum atomic E-state index is 0.0444. The van der Waals surface area contributed by atoms with Crippen molar-refractivity contribution < 1.29 is 4.79 Å². The summed E-state index contributed by atoms with van der Waals surface area (Å²) in [5.74, 6) is 0.286. The predicted molar refractivity (Wildman–Crippen MR) is 111 cm³/mol. The number of benzene rings is 1. The number of piperidine rings is 1. The molecule has 1 N–H and O–H groups in total. The van der Waals surface area contributed by atoms with Crippen molar-refractivity contribution in [1.82, 2.24) is 29.3 Å². The van der Waals surface area contributed by atoms with E-state index in [0.29, 0.717) is 12.1 Å². The van der Waals surface area contributed by atoms with E-state index < -0.39 is 0 Å². The smallest absolute Gasteiger partial charge is 0.259 e. The van der Waals surface area contributed by atoms with Gasteiger partial charge in [0.15, 0.2) is 0 Å². The third-order valence-corrected chi connectivity index (χ3v) is 5.91. The maximum Gasteiger partial charge on any atom is 0.259 e. The lowest BCUT2D eigenvalue weighted by Crippen LogP contribution is -2.39. The second-order valence-corrected chi connectivity index (χ2v) is 7.89. The molecule has 1 aliphatic rings. The standard InChI is InChI=1S/C22H24N6O/c1-15-5-7-16(8-6-15)18-12-23-25-20(18)17-4-3-9-27(14-17)22(29)19-13-24-28-11-10-26(2)21(19)28/h5-8,10-13,17H,3-4,9,14H2,1-2H3,(H,23,25)/t17-/m0/s1. The lowest BCUT2D eigenvalue weighted by molar-refractivity contribution is 0.0707. The molecule has 1 aliphatic heterocycles. The highest BCUT2D eigenvalue weighted by Gasteiger charge is 2.30. The van der Waals surface area contributed by atoms with Crippen LogP contribution in [0.4, 0.5) is 0 Å². The summed E-state index contributed by atoms with van der Waals surface area (Å²) in [6.07, 6.45) is 9.36. The summed E-state index contributed by atoms with van der Waals surface area (Å²) in [7, 11) is 1.94. The van der Waals surface area contributed by atoms with Crippen LogP contribution >= 0.6 is 0 Å². The van der Waals surface area contributed by atoms with E-state index in [2.05, 4.69) is 46.5 Å². The summed E-state index contributed by atoms with van der Waals surface area (Å²) in [4.78, 5) is 15.2. The van der Waals surface area contributed by atoms with Crippen LogP contribution in [0.25, 0.3) is 16.8 Å². The van der Waals surface area contributed by atoms with Crippen molar-refractivity contribution >= 4 is 11.6 Å². The van der Waals surface area contributed by atoms with Crippen LogP contribution in [0.2, 0.25) is 0 Å². The first-order valence-electron chi connectivity index (χ1n) is 10.00. The average molecular weight is 388 g/mol. The van der Waals surface area contributed by atoms with Crippen LogP contribution in [0.1, 0.15) is 40.4 Å². The lowest BCUT2D eigenvalue weighted by Gasteiger charge is -2.32. The highest BCUT2D eigenvalue weighted by atomic mass is 16.2. The second kappa shape index (κ2) is 6.92. The fraction of sp³-hybridized carbons (Fsp3) is 0.318. The molecule has 1 aromatic carbocycles. The number of rotatable bonds is 3. The quantitative estimate of drug-likeness (QED) is 0.585. The Balaban J connectivity index is 1.42. The van der Waals surface area contributed by atoms with E-state index in [0.717, 1.165) is 41.9 Å². The summed E-state index contributed by atoms with van der Waals surface area (Å²) in [6, 6.07) is 8.50. The number of imidazole rings is 1.